The van der Waals surface area contributed by atoms with Crippen molar-refractivity contribution in [1.29, 1.82) is 0 Å². The molecule has 1 nitrogen and oxygen atoms in total. The number of rotatable bonds is 4. The van der Waals surface area contributed by atoms with Crippen molar-refractivity contribution in [2.45, 2.75) is 26.2 Å². The van der Waals surface area contributed by atoms with Crippen molar-refractivity contribution >= 4 is 6.29 Å². The summed E-state index contributed by atoms with van der Waals surface area (Å²) in [6.45, 7) is 1.66. The van der Waals surface area contributed by atoms with Gasteiger partial charge in [-0.1, -0.05) is 12.1 Å². The number of hydrogen-bond donors (Lipinski definition) is 0. The van der Waals surface area contributed by atoms with Crippen LogP contribution in [0.5, 0.6) is 0 Å². The van der Waals surface area contributed by atoms with Gasteiger partial charge in [-0.25, -0.2) is 8.78 Å². The van der Waals surface area contributed by atoms with Gasteiger partial charge in [0.2, 0.25) is 0 Å². The van der Waals surface area contributed by atoms with E-state index in [2.05, 4.69) is 0 Å². The number of carbonyl (C=O) groups excluding carboxylic acids is 1. The highest BCUT2D eigenvalue weighted by atomic mass is 19.3. The highest BCUT2D eigenvalue weighted by Gasteiger charge is 2.10. The van der Waals surface area contributed by atoms with Crippen molar-refractivity contribution in [1.82, 2.24) is 0 Å². The van der Waals surface area contributed by atoms with Crippen molar-refractivity contribution in [2.24, 2.45) is 0 Å². The van der Waals surface area contributed by atoms with Crippen molar-refractivity contribution < 1.29 is 13.6 Å². The molecule has 1 aromatic rings. The minimum absolute atomic E-state index is 0.0633. The number of aryl methyl sites for hydroxylation is 2. The van der Waals surface area contributed by atoms with Gasteiger partial charge in [0.05, 0.1) is 0 Å². The fraction of sp³-hybridized carbons (Fsp3) is 0.364. The number of halogens is 2. The fourth-order valence-corrected chi connectivity index (χ4v) is 1.31. The Morgan fingerprint density at radius 3 is 2.71 bits per heavy atom. The van der Waals surface area contributed by atoms with E-state index in [0.29, 0.717) is 18.4 Å². The van der Waals surface area contributed by atoms with Crippen LogP contribution in [-0.4, -0.2) is 6.29 Å². The second-order valence-corrected chi connectivity index (χ2v) is 3.20. The Kier molecular flexibility index (Phi) is 3.74. The van der Waals surface area contributed by atoms with Crippen LogP contribution in [0.4, 0.5) is 8.78 Å². The minimum atomic E-state index is -2.44. The van der Waals surface area contributed by atoms with Gasteiger partial charge in [-0.2, -0.15) is 0 Å². The molecule has 0 fully saturated rings. The zero-order valence-electron chi connectivity index (χ0n) is 7.97. The summed E-state index contributed by atoms with van der Waals surface area (Å²) in [5, 5.41) is 0. The Morgan fingerprint density at radius 1 is 1.43 bits per heavy atom. The molecule has 76 valence electrons. The molecule has 0 atom stereocenters. The normalized spacial score (nSPS) is 10.6. The van der Waals surface area contributed by atoms with Crippen LogP contribution in [0, 0.1) is 6.92 Å². The van der Waals surface area contributed by atoms with Crippen LogP contribution in [0.25, 0.3) is 0 Å². The summed E-state index contributed by atoms with van der Waals surface area (Å²) < 4.78 is 24.9. The first-order chi connectivity index (χ1) is 6.65. The molecule has 3 heteroatoms. The van der Waals surface area contributed by atoms with Gasteiger partial charge in [0.1, 0.15) is 6.29 Å². The molecule has 0 unspecified atom stereocenters. The van der Waals surface area contributed by atoms with E-state index in [4.69, 9.17) is 0 Å². The van der Waals surface area contributed by atoms with Crippen molar-refractivity contribution in [3.05, 3.63) is 34.9 Å². The van der Waals surface area contributed by atoms with Gasteiger partial charge in [0.15, 0.2) is 0 Å². The molecule has 0 saturated carbocycles. The molecule has 0 amide bonds. The SMILES string of the molecule is Cc1ccc(CCC=O)cc1C(F)F. The zero-order chi connectivity index (χ0) is 10.6. The van der Waals surface area contributed by atoms with Gasteiger partial charge in [0.25, 0.3) is 6.43 Å². The van der Waals surface area contributed by atoms with E-state index in [-0.39, 0.29) is 5.56 Å². The molecule has 0 spiro atoms. The predicted octanol–water partition coefficient (Wildman–Crippen LogP) is 3.06. The molecule has 0 aliphatic rings. The summed E-state index contributed by atoms with van der Waals surface area (Å²) in [6, 6.07) is 4.93. The van der Waals surface area contributed by atoms with E-state index in [1.807, 2.05) is 0 Å². The lowest BCUT2D eigenvalue weighted by atomic mass is 10.0. The number of carbonyl (C=O) groups is 1. The van der Waals surface area contributed by atoms with E-state index in [0.717, 1.165) is 11.8 Å². The third-order valence-corrected chi connectivity index (χ3v) is 2.13. The first-order valence-corrected chi connectivity index (χ1v) is 4.46. The average Bonchev–Trinajstić information content (AvgIpc) is 2.16. The number of aldehydes is 1. The van der Waals surface area contributed by atoms with Crippen molar-refractivity contribution in [3.63, 3.8) is 0 Å². The predicted molar refractivity (Wildman–Crippen MR) is 50.5 cm³/mol. The second-order valence-electron chi connectivity index (χ2n) is 3.20. The quantitative estimate of drug-likeness (QED) is 0.679. The molecule has 0 bridgehead atoms. The summed E-state index contributed by atoms with van der Waals surface area (Å²) in [7, 11) is 0. The Morgan fingerprint density at radius 2 is 2.14 bits per heavy atom. The van der Waals surface area contributed by atoms with E-state index < -0.39 is 6.43 Å². The molecule has 0 saturated heterocycles. The Bertz CT molecular complexity index is 321. The van der Waals surface area contributed by atoms with Gasteiger partial charge in [-0.05, 0) is 30.5 Å². The monoisotopic (exact) mass is 198 g/mol. The van der Waals surface area contributed by atoms with Crippen LogP contribution >= 0.6 is 0 Å². The van der Waals surface area contributed by atoms with E-state index in [1.54, 1.807) is 19.1 Å². The molecule has 0 heterocycles. The molecule has 1 aromatic carbocycles. The van der Waals surface area contributed by atoms with Gasteiger partial charge in [-0.3, -0.25) is 0 Å². The summed E-state index contributed by atoms with van der Waals surface area (Å²) in [5.74, 6) is 0. The molecule has 0 radical (unpaired) electrons. The topological polar surface area (TPSA) is 17.1 Å². The first kappa shape index (κ1) is 10.8. The Labute approximate surface area is 81.7 Å². The maximum Gasteiger partial charge on any atom is 0.264 e. The molecular weight excluding hydrogens is 186 g/mol. The Hall–Kier alpha value is -1.25. The Balaban J connectivity index is 2.88. The van der Waals surface area contributed by atoms with E-state index in [1.165, 1.54) is 6.07 Å². The molecule has 0 N–H and O–H groups in total. The number of hydrogen-bond acceptors (Lipinski definition) is 1. The van der Waals surface area contributed by atoms with Crippen LogP contribution in [0.3, 0.4) is 0 Å². The second kappa shape index (κ2) is 4.84. The van der Waals surface area contributed by atoms with Gasteiger partial charge in [-0.15, -0.1) is 0 Å². The lowest BCUT2D eigenvalue weighted by Gasteiger charge is -2.06. The summed E-state index contributed by atoms with van der Waals surface area (Å²) in [6.07, 6.45) is -0.733. The van der Waals surface area contributed by atoms with E-state index in [9.17, 15) is 13.6 Å². The van der Waals surface area contributed by atoms with Gasteiger partial charge < -0.3 is 4.79 Å². The third-order valence-electron chi connectivity index (χ3n) is 2.13. The standard InChI is InChI=1S/C11H12F2O/c1-8-4-5-9(3-2-6-14)7-10(8)11(12)13/h4-7,11H,2-3H2,1H3. The van der Waals surface area contributed by atoms with E-state index >= 15 is 0 Å². The summed E-state index contributed by atoms with van der Waals surface area (Å²) >= 11 is 0. The molecule has 0 aliphatic heterocycles. The smallest absolute Gasteiger partial charge is 0.264 e. The fourth-order valence-electron chi connectivity index (χ4n) is 1.31. The van der Waals surface area contributed by atoms with Crippen molar-refractivity contribution in [2.75, 3.05) is 0 Å². The molecule has 0 aliphatic carbocycles. The maximum absolute atomic E-state index is 12.5. The molecular formula is C11H12F2O. The summed E-state index contributed by atoms with van der Waals surface area (Å²) in [5.41, 5.74) is 1.45. The number of alkyl halides is 2. The first-order valence-electron chi connectivity index (χ1n) is 4.46. The number of benzene rings is 1. The minimum Gasteiger partial charge on any atom is -0.303 e. The summed E-state index contributed by atoms with van der Waals surface area (Å²) in [4.78, 5) is 10.1. The largest absolute Gasteiger partial charge is 0.303 e. The molecule has 1 rings (SSSR count). The highest BCUT2D eigenvalue weighted by Crippen LogP contribution is 2.23. The van der Waals surface area contributed by atoms with Crippen LogP contribution < -0.4 is 0 Å². The van der Waals surface area contributed by atoms with Crippen LogP contribution in [0.15, 0.2) is 18.2 Å². The lowest BCUT2D eigenvalue weighted by molar-refractivity contribution is -0.107. The van der Waals surface area contributed by atoms with Crippen molar-refractivity contribution in [3.8, 4) is 0 Å². The average molecular weight is 198 g/mol. The molecule has 14 heavy (non-hydrogen) atoms. The van der Waals surface area contributed by atoms with Crippen LogP contribution in [0.2, 0.25) is 0 Å². The van der Waals surface area contributed by atoms with Gasteiger partial charge in [0, 0.05) is 12.0 Å². The van der Waals surface area contributed by atoms with Crippen LogP contribution in [0.1, 0.15) is 29.5 Å². The lowest BCUT2D eigenvalue weighted by Crippen LogP contribution is -1.93. The zero-order valence-corrected chi connectivity index (χ0v) is 7.97. The third kappa shape index (κ3) is 2.62. The molecule has 0 aromatic heterocycles. The van der Waals surface area contributed by atoms with Gasteiger partial charge >= 0.3 is 0 Å². The maximum atomic E-state index is 12.5. The highest BCUT2D eigenvalue weighted by molar-refractivity contribution is 5.50. The van der Waals surface area contributed by atoms with Crippen LogP contribution in [-0.2, 0) is 11.2 Å².